The lowest BCUT2D eigenvalue weighted by Gasteiger charge is -2.13. The summed E-state index contributed by atoms with van der Waals surface area (Å²) in [5.74, 6) is -0.481. The molecular formula is C20H23NO5. The van der Waals surface area contributed by atoms with Gasteiger partial charge >= 0.3 is 5.97 Å². The van der Waals surface area contributed by atoms with E-state index in [1.54, 1.807) is 38.3 Å². The lowest BCUT2D eigenvalue weighted by molar-refractivity contribution is -0.141. The summed E-state index contributed by atoms with van der Waals surface area (Å²) in [5, 5.41) is 11.8. The van der Waals surface area contributed by atoms with Crippen LogP contribution < -0.4 is 14.8 Å². The van der Waals surface area contributed by atoms with Crippen molar-refractivity contribution in [1.82, 2.24) is 0 Å². The molecule has 0 spiro atoms. The van der Waals surface area contributed by atoms with Gasteiger partial charge < -0.3 is 19.9 Å². The van der Waals surface area contributed by atoms with Gasteiger partial charge in [0.2, 0.25) is 0 Å². The fourth-order valence-electron chi connectivity index (χ4n) is 2.59. The largest absolute Gasteiger partial charge is 0.493 e. The van der Waals surface area contributed by atoms with Crippen LogP contribution in [0.25, 0.3) is 0 Å². The van der Waals surface area contributed by atoms with Crippen LogP contribution in [0.5, 0.6) is 11.5 Å². The van der Waals surface area contributed by atoms with Crippen LogP contribution in [0.4, 0.5) is 5.69 Å². The molecule has 0 saturated carbocycles. The number of carboxylic acids is 1. The average molecular weight is 357 g/mol. The molecule has 1 amide bonds. The highest BCUT2D eigenvalue weighted by molar-refractivity contribution is 6.05. The number of methoxy groups -OCH3 is 2. The number of anilines is 1. The molecule has 0 saturated heterocycles. The fraction of sp³-hybridized carbons (Fsp3) is 0.300. The van der Waals surface area contributed by atoms with Crippen LogP contribution in [0.3, 0.4) is 0 Å². The molecule has 1 unspecified atom stereocenters. The number of benzene rings is 2. The van der Waals surface area contributed by atoms with Crippen molar-refractivity contribution in [3.63, 3.8) is 0 Å². The summed E-state index contributed by atoms with van der Waals surface area (Å²) in [6, 6.07) is 10.6. The van der Waals surface area contributed by atoms with Gasteiger partial charge in [-0.1, -0.05) is 19.1 Å². The number of aryl methyl sites for hydroxylation is 1. The van der Waals surface area contributed by atoms with E-state index < -0.39 is 11.9 Å². The third kappa shape index (κ3) is 4.53. The van der Waals surface area contributed by atoms with Gasteiger partial charge in [-0.25, -0.2) is 0 Å². The molecule has 138 valence electrons. The Bertz CT molecular complexity index is 799. The third-order valence-corrected chi connectivity index (χ3v) is 4.15. The van der Waals surface area contributed by atoms with Crippen LogP contribution in [0.1, 0.15) is 28.4 Å². The number of carboxylic acid groups (broad SMARTS) is 1. The van der Waals surface area contributed by atoms with Gasteiger partial charge in [0.25, 0.3) is 5.91 Å². The maximum Gasteiger partial charge on any atom is 0.306 e. The highest BCUT2D eigenvalue weighted by Crippen LogP contribution is 2.30. The molecule has 6 heteroatoms. The molecule has 0 aliphatic heterocycles. The summed E-state index contributed by atoms with van der Waals surface area (Å²) in [4.78, 5) is 23.5. The first kappa shape index (κ1) is 19.3. The van der Waals surface area contributed by atoms with Gasteiger partial charge in [-0.15, -0.1) is 0 Å². The van der Waals surface area contributed by atoms with Gasteiger partial charge in [0, 0.05) is 11.3 Å². The molecule has 0 radical (unpaired) electrons. The maximum absolute atomic E-state index is 12.6. The summed E-state index contributed by atoms with van der Waals surface area (Å²) in [6.45, 7) is 3.49. The second-order valence-corrected chi connectivity index (χ2v) is 6.12. The van der Waals surface area contributed by atoms with Crippen molar-refractivity contribution in [2.75, 3.05) is 19.5 Å². The van der Waals surface area contributed by atoms with E-state index in [1.807, 2.05) is 19.1 Å². The Hall–Kier alpha value is -3.02. The summed E-state index contributed by atoms with van der Waals surface area (Å²) >= 11 is 0. The van der Waals surface area contributed by atoms with Gasteiger partial charge in [0.05, 0.1) is 20.1 Å². The highest BCUT2D eigenvalue weighted by atomic mass is 16.5. The quantitative estimate of drug-likeness (QED) is 0.792. The van der Waals surface area contributed by atoms with Crippen molar-refractivity contribution in [2.45, 2.75) is 20.3 Å². The van der Waals surface area contributed by atoms with E-state index in [9.17, 15) is 9.59 Å². The molecule has 26 heavy (non-hydrogen) atoms. The number of amides is 1. The van der Waals surface area contributed by atoms with Gasteiger partial charge in [-0.2, -0.15) is 0 Å². The molecule has 0 heterocycles. The molecule has 2 aromatic carbocycles. The van der Waals surface area contributed by atoms with E-state index in [2.05, 4.69) is 5.32 Å². The number of nitrogens with one attached hydrogen (secondary N) is 1. The predicted octanol–water partition coefficient (Wildman–Crippen LogP) is 3.53. The zero-order valence-corrected chi connectivity index (χ0v) is 15.3. The molecule has 0 bridgehead atoms. The summed E-state index contributed by atoms with van der Waals surface area (Å²) in [7, 11) is 3.07. The Balaban J connectivity index is 2.14. The Kier molecular flexibility index (Phi) is 6.22. The number of ether oxygens (including phenoxy) is 2. The van der Waals surface area contributed by atoms with Gasteiger partial charge in [0.15, 0.2) is 11.5 Å². The fourth-order valence-corrected chi connectivity index (χ4v) is 2.59. The standard InChI is InChI=1S/C20H23NO5/c1-12-10-17(25-3)18(26-4)11-16(12)19(22)21-15-7-5-14(6-8-15)9-13(2)20(23)24/h5-8,10-11,13H,9H2,1-4H3,(H,21,22)(H,23,24). The Morgan fingerprint density at radius 3 is 2.19 bits per heavy atom. The topological polar surface area (TPSA) is 84.9 Å². The lowest BCUT2D eigenvalue weighted by atomic mass is 10.0. The highest BCUT2D eigenvalue weighted by Gasteiger charge is 2.15. The first-order chi connectivity index (χ1) is 12.3. The summed E-state index contributed by atoms with van der Waals surface area (Å²) in [5.41, 5.74) is 2.80. The minimum Gasteiger partial charge on any atom is -0.493 e. The van der Waals surface area contributed by atoms with Crippen molar-refractivity contribution in [3.8, 4) is 11.5 Å². The number of carbonyl (C=O) groups excluding carboxylic acids is 1. The number of carbonyl (C=O) groups is 2. The van der Waals surface area contributed by atoms with Gasteiger partial charge in [-0.05, 0) is 48.7 Å². The second kappa shape index (κ2) is 8.38. The molecule has 0 aliphatic rings. The van der Waals surface area contributed by atoms with Crippen LogP contribution in [0, 0.1) is 12.8 Å². The van der Waals surface area contributed by atoms with Gasteiger partial charge in [0.1, 0.15) is 0 Å². The maximum atomic E-state index is 12.6. The lowest BCUT2D eigenvalue weighted by Crippen LogP contribution is -2.14. The second-order valence-electron chi connectivity index (χ2n) is 6.12. The smallest absolute Gasteiger partial charge is 0.306 e. The molecule has 2 N–H and O–H groups in total. The first-order valence-electron chi connectivity index (χ1n) is 8.21. The number of rotatable bonds is 7. The zero-order chi connectivity index (χ0) is 19.3. The molecule has 0 fully saturated rings. The molecule has 1 atom stereocenters. The van der Waals surface area contributed by atoms with Crippen molar-refractivity contribution < 1.29 is 24.2 Å². The number of hydrogen-bond acceptors (Lipinski definition) is 4. The average Bonchev–Trinajstić information content (AvgIpc) is 2.62. The van der Waals surface area contributed by atoms with E-state index in [-0.39, 0.29) is 5.91 Å². The molecular weight excluding hydrogens is 334 g/mol. The van der Waals surface area contributed by atoms with Crippen LogP contribution in [0.2, 0.25) is 0 Å². The van der Waals surface area contributed by atoms with Crippen molar-refractivity contribution in [1.29, 1.82) is 0 Å². The summed E-state index contributed by atoms with van der Waals surface area (Å²) in [6.07, 6.45) is 0.443. The van der Waals surface area contributed by atoms with Crippen molar-refractivity contribution in [3.05, 3.63) is 53.1 Å². The Morgan fingerprint density at radius 1 is 1.08 bits per heavy atom. The SMILES string of the molecule is COc1cc(C)c(C(=O)Nc2ccc(CC(C)C(=O)O)cc2)cc1OC. The molecule has 2 aromatic rings. The van der Waals surface area contributed by atoms with Crippen LogP contribution >= 0.6 is 0 Å². The van der Waals surface area contributed by atoms with E-state index in [1.165, 1.54) is 7.11 Å². The summed E-state index contributed by atoms with van der Waals surface area (Å²) < 4.78 is 10.5. The van der Waals surface area contributed by atoms with Crippen molar-refractivity contribution >= 4 is 17.6 Å². The van der Waals surface area contributed by atoms with E-state index in [4.69, 9.17) is 14.6 Å². The van der Waals surface area contributed by atoms with Crippen molar-refractivity contribution in [2.24, 2.45) is 5.92 Å². The minimum atomic E-state index is -0.827. The monoisotopic (exact) mass is 357 g/mol. The van der Waals surface area contributed by atoms with E-state index in [0.29, 0.717) is 29.2 Å². The number of aliphatic carboxylic acids is 1. The minimum absolute atomic E-state index is 0.255. The number of hydrogen-bond donors (Lipinski definition) is 2. The Labute approximate surface area is 152 Å². The molecule has 2 rings (SSSR count). The normalized spacial score (nSPS) is 11.5. The molecule has 0 aliphatic carbocycles. The third-order valence-electron chi connectivity index (χ3n) is 4.15. The van der Waals surface area contributed by atoms with E-state index >= 15 is 0 Å². The Morgan fingerprint density at radius 2 is 1.65 bits per heavy atom. The van der Waals surface area contributed by atoms with Crippen LogP contribution in [0.15, 0.2) is 36.4 Å². The first-order valence-corrected chi connectivity index (χ1v) is 8.21. The van der Waals surface area contributed by atoms with E-state index in [0.717, 1.165) is 11.1 Å². The molecule has 0 aromatic heterocycles. The van der Waals surface area contributed by atoms with Crippen LogP contribution in [-0.2, 0) is 11.2 Å². The molecule has 6 nitrogen and oxygen atoms in total. The van der Waals surface area contributed by atoms with Crippen LogP contribution in [-0.4, -0.2) is 31.2 Å². The zero-order valence-electron chi connectivity index (χ0n) is 15.3. The van der Waals surface area contributed by atoms with Gasteiger partial charge in [-0.3, -0.25) is 9.59 Å². The predicted molar refractivity (Wildman–Crippen MR) is 99.2 cm³/mol.